The molecule has 0 bridgehead atoms. The lowest BCUT2D eigenvalue weighted by Gasteiger charge is -2.12. The molecule has 7 heteroatoms. The zero-order chi connectivity index (χ0) is 17.9. The highest BCUT2D eigenvalue weighted by Gasteiger charge is 2.13. The van der Waals surface area contributed by atoms with Crippen LogP contribution in [0.3, 0.4) is 0 Å². The predicted molar refractivity (Wildman–Crippen MR) is 97.5 cm³/mol. The lowest BCUT2D eigenvalue weighted by atomic mass is 10.2. The number of rotatable bonds is 5. The van der Waals surface area contributed by atoms with E-state index in [1.165, 1.54) is 18.5 Å². The van der Waals surface area contributed by atoms with Crippen LogP contribution in [0.25, 0.3) is 16.7 Å². The fourth-order valence-corrected chi connectivity index (χ4v) is 2.72. The fraction of sp³-hybridized carbons (Fsp3) is 0.105. The van der Waals surface area contributed by atoms with Crippen LogP contribution in [0.1, 0.15) is 6.92 Å². The van der Waals surface area contributed by atoms with E-state index in [1.807, 2.05) is 31.2 Å². The molecular formula is C19H16FN5O. The first-order valence-electron chi connectivity index (χ1n) is 8.20. The Morgan fingerprint density at radius 2 is 2.00 bits per heavy atom. The van der Waals surface area contributed by atoms with Gasteiger partial charge in [-0.25, -0.2) is 19.0 Å². The maximum Gasteiger partial charge on any atom is 0.168 e. The largest absolute Gasteiger partial charge is 0.492 e. The molecule has 0 atom stereocenters. The van der Waals surface area contributed by atoms with Crippen LogP contribution in [0.5, 0.6) is 5.75 Å². The number of ether oxygens (including phenoxy) is 1. The number of para-hydroxylation sites is 2. The molecule has 0 aliphatic carbocycles. The van der Waals surface area contributed by atoms with Crippen molar-refractivity contribution in [3.8, 4) is 11.4 Å². The highest BCUT2D eigenvalue weighted by molar-refractivity contribution is 5.89. The minimum Gasteiger partial charge on any atom is -0.492 e. The quantitative estimate of drug-likeness (QED) is 0.588. The number of halogens is 1. The lowest BCUT2D eigenvalue weighted by Crippen LogP contribution is -2.01. The van der Waals surface area contributed by atoms with Crippen LogP contribution in [-0.4, -0.2) is 26.4 Å². The molecule has 4 aromatic rings. The number of aromatic nitrogens is 4. The van der Waals surface area contributed by atoms with E-state index in [0.717, 1.165) is 16.8 Å². The number of anilines is 2. The summed E-state index contributed by atoms with van der Waals surface area (Å²) in [5.41, 5.74) is 1.98. The highest BCUT2D eigenvalue weighted by Crippen LogP contribution is 2.30. The molecule has 2 aromatic carbocycles. The van der Waals surface area contributed by atoms with E-state index in [2.05, 4.69) is 20.4 Å². The summed E-state index contributed by atoms with van der Waals surface area (Å²) in [4.78, 5) is 8.63. The van der Waals surface area contributed by atoms with Crippen molar-refractivity contribution in [3.63, 3.8) is 0 Å². The standard InChI is InChI=1S/C19H16FN5O/c1-2-26-17-9-4-3-8-16(17)24-18-15-11-23-25(19(15)22-12-21-18)14-7-5-6-13(20)10-14/h3-12H,2H2,1H3,(H,21,22,24). The first-order valence-corrected chi connectivity index (χ1v) is 8.20. The molecule has 26 heavy (non-hydrogen) atoms. The van der Waals surface area contributed by atoms with Crippen LogP contribution in [0.15, 0.2) is 61.1 Å². The van der Waals surface area contributed by atoms with E-state index in [-0.39, 0.29) is 5.82 Å². The number of hydrogen-bond donors (Lipinski definition) is 1. The van der Waals surface area contributed by atoms with Crippen molar-refractivity contribution in [1.82, 2.24) is 19.7 Å². The molecule has 0 fully saturated rings. The smallest absolute Gasteiger partial charge is 0.168 e. The molecular weight excluding hydrogens is 333 g/mol. The topological polar surface area (TPSA) is 64.9 Å². The Balaban J connectivity index is 1.76. The van der Waals surface area contributed by atoms with E-state index in [0.29, 0.717) is 23.8 Å². The Labute approximate surface area is 149 Å². The molecule has 0 spiro atoms. The fourth-order valence-electron chi connectivity index (χ4n) is 2.72. The van der Waals surface area contributed by atoms with Crippen LogP contribution in [-0.2, 0) is 0 Å². The summed E-state index contributed by atoms with van der Waals surface area (Å²) < 4.78 is 20.8. The van der Waals surface area contributed by atoms with Gasteiger partial charge in [0.1, 0.15) is 23.7 Å². The first kappa shape index (κ1) is 16.0. The molecule has 0 amide bonds. The van der Waals surface area contributed by atoms with Crippen molar-refractivity contribution in [3.05, 3.63) is 66.9 Å². The van der Waals surface area contributed by atoms with Gasteiger partial charge in [-0.15, -0.1) is 0 Å². The molecule has 0 radical (unpaired) electrons. The molecule has 2 aromatic heterocycles. The molecule has 6 nitrogen and oxygen atoms in total. The monoisotopic (exact) mass is 349 g/mol. The van der Waals surface area contributed by atoms with Gasteiger partial charge < -0.3 is 10.1 Å². The van der Waals surface area contributed by atoms with Gasteiger partial charge in [0, 0.05) is 0 Å². The molecule has 0 unspecified atom stereocenters. The van der Waals surface area contributed by atoms with Crippen LogP contribution in [0.4, 0.5) is 15.9 Å². The number of nitrogens with one attached hydrogen (secondary N) is 1. The van der Waals surface area contributed by atoms with E-state index in [1.54, 1.807) is 23.0 Å². The van der Waals surface area contributed by atoms with Crippen LogP contribution < -0.4 is 10.1 Å². The lowest BCUT2D eigenvalue weighted by molar-refractivity contribution is 0.342. The van der Waals surface area contributed by atoms with Gasteiger partial charge in [0.05, 0.1) is 29.6 Å². The van der Waals surface area contributed by atoms with Crippen molar-refractivity contribution in [2.75, 3.05) is 11.9 Å². The predicted octanol–water partition coefficient (Wildman–Crippen LogP) is 4.10. The average molecular weight is 349 g/mol. The molecule has 0 aliphatic heterocycles. The van der Waals surface area contributed by atoms with Crippen LogP contribution in [0, 0.1) is 5.82 Å². The first-order chi connectivity index (χ1) is 12.8. The molecule has 0 saturated carbocycles. The van der Waals surface area contributed by atoms with E-state index < -0.39 is 0 Å². The van der Waals surface area contributed by atoms with Crippen molar-refractivity contribution in [2.45, 2.75) is 6.92 Å². The number of fused-ring (bicyclic) bond motifs is 1. The maximum atomic E-state index is 13.5. The van der Waals surface area contributed by atoms with Gasteiger partial charge >= 0.3 is 0 Å². The normalized spacial score (nSPS) is 10.8. The zero-order valence-electron chi connectivity index (χ0n) is 14.1. The Hall–Kier alpha value is -3.48. The van der Waals surface area contributed by atoms with E-state index in [4.69, 9.17) is 4.74 Å². The third-order valence-corrected chi connectivity index (χ3v) is 3.86. The van der Waals surface area contributed by atoms with E-state index in [9.17, 15) is 4.39 Å². The van der Waals surface area contributed by atoms with Gasteiger partial charge in [0.2, 0.25) is 0 Å². The second-order valence-corrected chi connectivity index (χ2v) is 5.55. The summed E-state index contributed by atoms with van der Waals surface area (Å²) in [7, 11) is 0. The number of hydrogen-bond acceptors (Lipinski definition) is 5. The number of nitrogens with zero attached hydrogens (tertiary/aromatic N) is 4. The minimum atomic E-state index is -0.329. The summed E-state index contributed by atoms with van der Waals surface area (Å²) in [6.07, 6.45) is 3.11. The van der Waals surface area contributed by atoms with Crippen molar-refractivity contribution in [1.29, 1.82) is 0 Å². The van der Waals surface area contributed by atoms with Crippen LogP contribution in [0.2, 0.25) is 0 Å². The molecule has 0 saturated heterocycles. The van der Waals surface area contributed by atoms with Crippen molar-refractivity contribution < 1.29 is 9.13 Å². The van der Waals surface area contributed by atoms with Gasteiger partial charge in [-0.3, -0.25) is 0 Å². The summed E-state index contributed by atoms with van der Waals surface area (Å²) >= 11 is 0. The van der Waals surface area contributed by atoms with Gasteiger partial charge in [0.25, 0.3) is 0 Å². The molecule has 2 heterocycles. The van der Waals surface area contributed by atoms with Crippen LogP contribution >= 0.6 is 0 Å². The summed E-state index contributed by atoms with van der Waals surface area (Å²) in [6, 6.07) is 13.8. The Kier molecular flexibility index (Phi) is 4.18. The van der Waals surface area contributed by atoms with Gasteiger partial charge in [-0.1, -0.05) is 18.2 Å². The molecule has 0 aliphatic rings. The summed E-state index contributed by atoms with van der Waals surface area (Å²) in [5.74, 6) is 1.01. The minimum absolute atomic E-state index is 0.329. The highest BCUT2D eigenvalue weighted by atomic mass is 19.1. The Bertz CT molecular complexity index is 1060. The van der Waals surface area contributed by atoms with Crippen molar-refractivity contribution in [2.24, 2.45) is 0 Å². The van der Waals surface area contributed by atoms with E-state index >= 15 is 0 Å². The Morgan fingerprint density at radius 3 is 2.85 bits per heavy atom. The summed E-state index contributed by atoms with van der Waals surface area (Å²) in [5, 5.41) is 8.34. The van der Waals surface area contributed by atoms with Crippen molar-refractivity contribution >= 4 is 22.5 Å². The third-order valence-electron chi connectivity index (χ3n) is 3.86. The van der Waals surface area contributed by atoms with Gasteiger partial charge in [0.15, 0.2) is 5.65 Å². The summed E-state index contributed by atoms with van der Waals surface area (Å²) in [6.45, 7) is 2.50. The average Bonchev–Trinajstić information content (AvgIpc) is 3.09. The molecule has 4 rings (SSSR count). The third kappa shape index (κ3) is 2.95. The zero-order valence-corrected chi connectivity index (χ0v) is 14.1. The SMILES string of the molecule is CCOc1ccccc1Nc1ncnc2c1cnn2-c1cccc(F)c1. The van der Waals surface area contributed by atoms with Gasteiger partial charge in [-0.2, -0.15) is 5.10 Å². The molecule has 1 N–H and O–H groups in total. The Morgan fingerprint density at radius 1 is 1.12 bits per heavy atom. The second kappa shape index (κ2) is 6.79. The van der Waals surface area contributed by atoms with Gasteiger partial charge in [-0.05, 0) is 37.3 Å². The molecule has 130 valence electrons. The maximum absolute atomic E-state index is 13.5. The second-order valence-electron chi connectivity index (χ2n) is 5.55. The number of benzene rings is 2.